The van der Waals surface area contributed by atoms with Gasteiger partial charge in [0.15, 0.2) is 0 Å². The predicted molar refractivity (Wildman–Crippen MR) is 72.8 cm³/mol. The summed E-state index contributed by atoms with van der Waals surface area (Å²) in [5.74, 6) is 0.208. The fourth-order valence-electron chi connectivity index (χ4n) is 1.79. The van der Waals surface area contributed by atoms with Gasteiger partial charge in [-0.1, -0.05) is 12.1 Å². The molecule has 7 heteroatoms. The Morgan fingerprint density at radius 2 is 2.05 bits per heavy atom. The zero-order chi connectivity index (χ0) is 14.0. The quantitative estimate of drug-likeness (QED) is 0.498. The highest BCUT2D eigenvalue weighted by Gasteiger charge is 2.21. The van der Waals surface area contributed by atoms with Crippen molar-refractivity contribution < 1.29 is 4.92 Å². The van der Waals surface area contributed by atoms with E-state index in [4.69, 9.17) is 5.73 Å². The topological polar surface area (TPSA) is 99.0 Å². The number of nitrogens with zero attached hydrogens (tertiary/aromatic N) is 3. The molecular weight excluding hydrogens is 246 g/mol. The molecule has 1 unspecified atom stereocenters. The molecule has 0 radical (unpaired) electrons. The second-order valence-corrected chi connectivity index (χ2v) is 4.32. The summed E-state index contributed by atoms with van der Waals surface area (Å²) in [6.45, 7) is 1.92. The monoisotopic (exact) mass is 261 g/mol. The molecule has 0 saturated carbocycles. The number of nitrogens with one attached hydrogen (secondary N) is 1. The molecule has 0 aliphatic carbocycles. The fraction of sp³-hybridized carbons (Fsp3) is 0.250. The van der Waals surface area contributed by atoms with Crippen molar-refractivity contribution in [2.75, 3.05) is 11.1 Å². The van der Waals surface area contributed by atoms with Crippen LogP contribution < -0.4 is 11.1 Å². The number of nitrogens with two attached hydrogens (primary N) is 1. The van der Waals surface area contributed by atoms with Crippen molar-refractivity contribution >= 4 is 17.3 Å². The molecule has 1 heterocycles. The molecule has 7 nitrogen and oxygen atoms in total. The van der Waals surface area contributed by atoms with Gasteiger partial charge in [0.05, 0.1) is 6.04 Å². The second kappa shape index (κ2) is 4.97. The first-order valence-corrected chi connectivity index (χ1v) is 5.76. The lowest BCUT2D eigenvalue weighted by molar-refractivity contribution is -0.388. The third kappa shape index (κ3) is 2.65. The van der Waals surface area contributed by atoms with E-state index in [1.165, 1.54) is 6.33 Å². The van der Waals surface area contributed by atoms with E-state index >= 15 is 0 Å². The molecule has 2 rings (SSSR count). The van der Waals surface area contributed by atoms with E-state index in [0.29, 0.717) is 11.5 Å². The molecule has 0 saturated heterocycles. The normalized spacial score (nSPS) is 12.1. The molecule has 0 bridgehead atoms. The van der Waals surface area contributed by atoms with E-state index < -0.39 is 4.92 Å². The molecule has 100 valence electrons. The summed E-state index contributed by atoms with van der Waals surface area (Å²) in [5, 5.41) is 14.0. The number of imidazole rings is 1. The summed E-state index contributed by atoms with van der Waals surface area (Å²) in [7, 11) is 1.71. The summed E-state index contributed by atoms with van der Waals surface area (Å²) in [6.07, 6.45) is 1.41. The number of aromatic nitrogens is 2. The van der Waals surface area contributed by atoms with Gasteiger partial charge in [-0.15, -0.1) is 0 Å². The van der Waals surface area contributed by atoms with Crippen LogP contribution in [0.15, 0.2) is 30.6 Å². The Bertz CT molecular complexity index is 591. The van der Waals surface area contributed by atoms with Gasteiger partial charge in [-0.2, -0.15) is 0 Å². The molecule has 0 aliphatic heterocycles. The third-order valence-corrected chi connectivity index (χ3v) is 2.88. The third-order valence-electron chi connectivity index (χ3n) is 2.88. The fourth-order valence-corrected chi connectivity index (χ4v) is 1.79. The molecule has 0 fully saturated rings. The number of aryl methyl sites for hydroxylation is 1. The summed E-state index contributed by atoms with van der Waals surface area (Å²) >= 11 is 0. The van der Waals surface area contributed by atoms with Gasteiger partial charge in [0, 0.05) is 12.7 Å². The smallest absolute Gasteiger partial charge is 0.399 e. The Balaban J connectivity index is 2.23. The van der Waals surface area contributed by atoms with Crippen LogP contribution in [0.25, 0.3) is 0 Å². The Hall–Kier alpha value is -2.57. The first-order chi connectivity index (χ1) is 8.99. The van der Waals surface area contributed by atoms with Gasteiger partial charge in [0.1, 0.15) is 0 Å². The highest BCUT2D eigenvalue weighted by atomic mass is 16.6. The Morgan fingerprint density at radius 1 is 1.42 bits per heavy atom. The van der Waals surface area contributed by atoms with Crippen LogP contribution in [-0.4, -0.2) is 14.5 Å². The highest BCUT2D eigenvalue weighted by Crippen LogP contribution is 2.26. The zero-order valence-corrected chi connectivity index (χ0v) is 10.7. The van der Waals surface area contributed by atoms with Gasteiger partial charge < -0.3 is 21.2 Å². The molecule has 0 spiro atoms. The predicted octanol–water partition coefficient (Wildman–Crippen LogP) is 2.08. The van der Waals surface area contributed by atoms with E-state index in [9.17, 15) is 10.1 Å². The van der Waals surface area contributed by atoms with Crippen LogP contribution in [0.4, 0.5) is 17.3 Å². The van der Waals surface area contributed by atoms with Crippen LogP contribution in [0.3, 0.4) is 0 Å². The molecule has 1 aromatic carbocycles. The van der Waals surface area contributed by atoms with Gasteiger partial charge in [0.25, 0.3) is 0 Å². The van der Waals surface area contributed by atoms with Crippen LogP contribution in [-0.2, 0) is 7.05 Å². The Morgan fingerprint density at radius 3 is 2.63 bits per heavy atom. The lowest BCUT2D eigenvalue weighted by atomic mass is 10.1. The Labute approximate surface area is 110 Å². The minimum atomic E-state index is -0.502. The van der Waals surface area contributed by atoms with Crippen molar-refractivity contribution in [1.82, 2.24) is 9.55 Å². The van der Waals surface area contributed by atoms with Crippen molar-refractivity contribution in [3.63, 3.8) is 0 Å². The summed E-state index contributed by atoms with van der Waals surface area (Å²) < 4.78 is 1.59. The van der Waals surface area contributed by atoms with Crippen LogP contribution in [0.2, 0.25) is 0 Å². The average Bonchev–Trinajstić information content (AvgIpc) is 2.72. The summed E-state index contributed by atoms with van der Waals surface area (Å²) in [4.78, 5) is 14.1. The molecule has 3 N–H and O–H groups in total. The van der Waals surface area contributed by atoms with Crippen LogP contribution in [0.1, 0.15) is 18.5 Å². The molecule has 1 aromatic heterocycles. The Kier molecular flexibility index (Phi) is 3.37. The van der Waals surface area contributed by atoms with E-state index in [0.717, 1.165) is 5.56 Å². The molecule has 1 atom stereocenters. The molecular formula is C12H15N5O2. The number of rotatable bonds is 4. The number of nitrogen functional groups attached to an aromatic ring is 1. The van der Waals surface area contributed by atoms with Crippen molar-refractivity contribution in [3.8, 4) is 0 Å². The van der Waals surface area contributed by atoms with Gasteiger partial charge in [-0.05, 0) is 34.5 Å². The number of nitro groups is 1. The summed E-state index contributed by atoms with van der Waals surface area (Å²) in [6, 6.07) is 7.27. The standard InChI is InChI=1S/C12H15N5O2/c1-8(9-3-5-10(13)6-4-9)15-12-11(17(18)19)14-7-16(12)2/h3-8,15H,13H2,1-2H3. The van der Waals surface area contributed by atoms with E-state index in [1.807, 2.05) is 19.1 Å². The molecule has 2 aromatic rings. The van der Waals surface area contributed by atoms with Gasteiger partial charge in [-0.25, -0.2) is 0 Å². The lowest BCUT2D eigenvalue weighted by Crippen LogP contribution is -2.10. The largest absolute Gasteiger partial charge is 0.406 e. The van der Waals surface area contributed by atoms with Gasteiger partial charge in [0.2, 0.25) is 12.1 Å². The van der Waals surface area contributed by atoms with Crippen molar-refractivity contribution in [2.45, 2.75) is 13.0 Å². The molecule has 0 aliphatic rings. The van der Waals surface area contributed by atoms with E-state index in [-0.39, 0.29) is 11.9 Å². The van der Waals surface area contributed by atoms with E-state index in [1.54, 1.807) is 23.7 Å². The van der Waals surface area contributed by atoms with Gasteiger partial charge in [-0.3, -0.25) is 4.57 Å². The van der Waals surface area contributed by atoms with Gasteiger partial charge >= 0.3 is 5.82 Å². The number of benzene rings is 1. The second-order valence-electron chi connectivity index (χ2n) is 4.32. The minimum Gasteiger partial charge on any atom is -0.399 e. The number of anilines is 2. The molecule has 19 heavy (non-hydrogen) atoms. The van der Waals surface area contributed by atoms with Crippen LogP contribution in [0.5, 0.6) is 0 Å². The first kappa shape index (κ1) is 12.9. The SMILES string of the molecule is CC(Nc1c([N+](=O)[O-])ncn1C)c1ccc(N)cc1. The first-order valence-electron chi connectivity index (χ1n) is 5.76. The van der Waals surface area contributed by atoms with Crippen molar-refractivity contribution in [3.05, 3.63) is 46.3 Å². The average molecular weight is 261 g/mol. The highest BCUT2D eigenvalue weighted by molar-refractivity contribution is 5.53. The summed E-state index contributed by atoms with van der Waals surface area (Å²) in [5.41, 5.74) is 7.30. The van der Waals surface area contributed by atoms with Crippen LogP contribution in [0, 0.1) is 10.1 Å². The van der Waals surface area contributed by atoms with E-state index in [2.05, 4.69) is 10.3 Å². The van der Waals surface area contributed by atoms with Crippen molar-refractivity contribution in [2.24, 2.45) is 7.05 Å². The maximum Gasteiger partial charge on any atom is 0.406 e. The minimum absolute atomic E-state index is 0.0882. The van der Waals surface area contributed by atoms with Crippen molar-refractivity contribution in [1.29, 1.82) is 0 Å². The number of hydrogen-bond acceptors (Lipinski definition) is 5. The lowest BCUT2D eigenvalue weighted by Gasteiger charge is -2.15. The maximum atomic E-state index is 10.9. The van der Waals surface area contributed by atoms with Crippen LogP contribution >= 0.6 is 0 Å². The maximum absolute atomic E-state index is 10.9. The molecule has 0 amide bonds. The zero-order valence-electron chi connectivity index (χ0n) is 10.7. The number of hydrogen-bond donors (Lipinski definition) is 2.